The number of likely N-dealkylation sites (tertiary alicyclic amines) is 1. The van der Waals surface area contributed by atoms with Gasteiger partial charge in [-0.2, -0.15) is 0 Å². The van der Waals surface area contributed by atoms with Crippen molar-refractivity contribution >= 4 is 15.9 Å². The summed E-state index contributed by atoms with van der Waals surface area (Å²) in [5.74, 6) is 0.227. The number of para-hydroxylation sites is 1. The highest BCUT2D eigenvalue weighted by atomic mass is 32.2. The number of pyridine rings is 1. The van der Waals surface area contributed by atoms with Crippen LogP contribution in [0.1, 0.15) is 41.6 Å². The minimum absolute atomic E-state index is 0.0655. The van der Waals surface area contributed by atoms with Crippen LogP contribution in [-0.4, -0.2) is 49.4 Å². The summed E-state index contributed by atoms with van der Waals surface area (Å²) in [7, 11) is -3.37. The lowest BCUT2D eigenvalue weighted by molar-refractivity contribution is -0.275. The smallest absolute Gasteiger partial charge is 0.487 e. The number of aromatic nitrogens is 1. The number of sulfone groups is 1. The number of benzene rings is 3. The molecule has 47 heavy (non-hydrogen) atoms. The molecule has 246 valence electrons. The van der Waals surface area contributed by atoms with E-state index in [1.165, 1.54) is 18.2 Å². The molecule has 3 heterocycles. The van der Waals surface area contributed by atoms with Gasteiger partial charge in [-0.25, -0.2) is 13.2 Å². The predicted molar refractivity (Wildman–Crippen MR) is 168 cm³/mol. The fourth-order valence-corrected chi connectivity index (χ4v) is 7.46. The van der Waals surface area contributed by atoms with Gasteiger partial charge in [0.1, 0.15) is 23.7 Å². The van der Waals surface area contributed by atoms with Gasteiger partial charge in [-0.3, -0.25) is 4.98 Å². The van der Waals surface area contributed by atoms with Crippen molar-refractivity contribution in [2.75, 3.05) is 13.1 Å². The highest BCUT2D eigenvalue weighted by molar-refractivity contribution is 7.89. The van der Waals surface area contributed by atoms with Crippen LogP contribution in [0.4, 0.5) is 18.0 Å². The molecule has 2 aliphatic heterocycles. The molecule has 2 aliphatic rings. The zero-order valence-electron chi connectivity index (χ0n) is 25.4. The molecule has 6 rings (SSSR count). The van der Waals surface area contributed by atoms with E-state index in [0.29, 0.717) is 37.2 Å². The summed E-state index contributed by atoms with van der Waals surface area (Å²) in [4.78, 5) is 18.4. The topological polar surface area (TPSA) is 95.0 Å². The third-order valence-electron chi connectivity index (χ3n) is 8.49. The molecule has 0 saturated carbocycles. The van der Waals surface area contributed by atoms with Crippen molar-refractivity contribution in [3.8, 4) is 22.6 Å². The first-order valence-electron chi connectivity index (χ1n) is 15.2. The van der Waals surface area contributed by atoms with E-state index < -0.39 is 33.6 Å². The zero-order chi connectivity index (χ0) is 33.1. The number of rotatable bonds is 8. The maximum atomic E-state index is 12.7. The first kappa shape index (κ1) is 32.4. The molecular formula is C35H33F3N2O6S. The van der Waals surface area contributed by atoms with E-state index in [-0.39, 0.29) is 23.7 Å². The zero-order valence-corrected chi connectivity index (χ0v) is 26.2. The van der Waals surface area contributed by atoms with Crippen LogP contribution in [0.15, 0.2) is 91.1 Å². The molecule has 1 saturated heterocycles. The number of piperidine rings is 1. The normalized spacial score (nSPS) is 15.9. The molecule has 0 radical (unpaired) electrons. The van der Waals surface area contributed by atoms with Crippen molar-refractivity contribution in [1.82, 2.24) is 9.88 Å². The van der Waals surface area contributed by atoms with Crippen LogP contribution in [0.5, 0.6) is 11.5 Å². The first-order valence-corrected chi connectivity index (χ1v) is 17.1. The van der Waals surface area contributed by atoms with Crippen LogP contribution in [0.2, 0.25) is 0 Å². The Kier molecular flexibility index (Phi) is 9.14. The van der Waals surface area contributed by atoms with Crippen molar-refractivity contribution in [2.24, 2.45) is 0 Å². The van der Waals surface area contributed by atoms with E-state index in [2.05, 4.69) is 15.8 Å². The first-order chi connectivity index (χ1) is 22.5. The Morgan fingerprint density at radius 2 is 1.62 bits per heavy atom. The number of fused-ring (bicyclic) bond motifs is 1. The maximum absolute atomic E-state index is 12.7. The summed E-state index contributed by atoms with van der Waals surface area (Å²) >= 11 is 0. The number of nitrogens with zero attached hydrogens (tertiary/aromatic N) is 2. The third kappa shape index (κ3) is 8.23. The number of hydrogen-bond donors (Lipinski definition) is 0. The Bertz CT molecular complexity index is 1820. The number of alkyl halides is 3. The minimum Gasteiger partial charge on any atom is -0.487 e. The number of aryl methyl sites for hydroxylation is 1. The van der Waals surface area contributed by atoms with Gasteiger partial charge in [0.15, 0.2) is 9.84 Å². The van der Waals surface area contributed by atoms with Gasteiger partial charge in [-0.05, 0) is 65.4 Å². The molecule has 1 aromatic heterocycles. The number of amides is 1. The van der Waals surface area contributed by atoms with E-state index in [1.54, 1.807) is 35.4 Å². The Morgan fingerprint density at radius 1 is 0.894 bits per heavy atom. The second-order valence-corrected chi connectivity index (χ2v) is 13.9. The van der Waals surface area contributed by atoms with Gasteiger partial charge >= 0.3 is 12.5 Å². The summed E-state index contributed by atoms with van der Waals surface area (Å²) in [5.41, 5.74) is 4.00. The summed E-state index contributed by atoms with van der Waals surface area (Å²) in [5, 5.41) is 0. The number of ether oxygens (including phenoxy) is 3. The van der Waals surface area contributed by atoms with Crippen molar-refractivity contribution in [3.63, 3.8) is 0 Å². The molecular weight excluding hydrogens is 633 g/mol. The van der Waals surface area contributed by atoms with E-state index >= 15 is 0 Å². The van der Waals surface area contributed by atoms with Gasteiger partial charge in [0, 0.05) is 37.7 Å². The van der Waals surface area contributed by atoms with Crippen LogP contribution >= 0.6 is 0 Å². The van der Waals surface area contributed by atoms with Crippen molar-refractivity contribution in [3.05, 3.63) is 114 Å². The lowest BCUT2D eigenvalue weighted by atomic mass is 9.82. The molecule has 1 amide bonds. The Labute approximate surface area is 271 Å². The average molecular weight is 667 g/mol. The second-order valence-electron chi connectivity index (χ2n) is 11.9. The molecule has 1 spiro atoms. The maximum Gasteiger partial charge on any atom is 0.573 e. The third-order valence-corrected chi connectivity index (χ3v) is 10.00. The standard InChI is InChI=1S/C35H33F3N2O6S/c36-35(37,38)46-31-7-2-1-5-29(31)22-44-33(41)40-19-16-34(17-20-40)15-14-28-21-27(12-13-32(28)45-34)26-10-8-25(9-11-26)23-47(42,43)24-30-6-3-4-18-39-30/h1-13,18,21H,14-17,19-20,22-24H2. The summed E-state index contributed by atoms with van der Waals surface area (Å²) < 4.78 is 79.4. The van der Waals surface area contributed by atoms with Crippen LogP contribution < -0.4 is 9.47 Å². The number of carbonyl (C=O) groups excluding carboxylic acids is 1. The fourth-order valence-electron chi connectivity index (χ4n) is 6.03. The Hall–Kier alpha value is -4.58. The molecule has 4 aromatic rings. The molecule has 1 fully saturated rings. The van der Waals surface area contributed by atoms with Gasteiger partial charge in [0.25, 0.3) is 0 Å². The van der Waals surface area contributed by atoms with Crippen molar-refractivity contribution in [2.45, 2.75) is 55.8 Å². The van der Waals surface area contributed by atoms with Crippen LogP contribution in [0.25, 0.3) is 11.1 Å². The lowest BCUT2D eigenvalue weighted by Gasteiger charge is -2.44. The average Bonchev–Trinajstić information content (AvgIpc) is 3.04. The van der Waals surface area contributed by atoms with Gasteiger partial charge < -0.3 is 19.1 Å². The molecule has 12 heteroatoms. The molecule has 0 bridgehead atoms. The van der Waals surface area contributed by atoms with E-state index in [4.69, 9.17) is 9.47 Å². The second kappa shape index (κ2) is 13.3. The van der Waals surface area contributed by atoms with E-state index in [1.807, 2.05) is 36.4 Å². The minimum atomic E-state index is -4.85. The number of carbonyl (C=O) groups is 1. The highest BCUT2D eigenvalue weighted by Crippen LogP contribution is 2.41. The summed E-state index contributed by atoms with van der Waals surface area (Å²) in [6.07, 6.45) is -1.08. The van der Waals surface area contributed by atoms with Gasteiger partial charge in [-0.1, -0.05) is 54.6 Å². The quantitative estimate of drug-likeness (QED) is 0.195. The summed E-state index contributed by atoms with van der Waals surface area (Å²) in [6, 6.07) is 24.4. The number of halogens is 3. The molecule has 3 aromatic carbocycles. The van der Waals surface area contributed by atoms with Crippen LogP contribution in [-0.2, 0) is 39.1 Å². The molecule has 0 aliphatic carbocycles. The van der Waals surface area contributed by atoms with Crippen LogP contribution in [0, 0.1) is 0 Å². The summed E-state index contributed by atoms with van der Waals surface area (Å²) in [6.45, 7) is 0.459. The lowest BCUT2D eigenvalue weighted by Crippen LogP contribution is -2.51. The fraction of sp³-hybridized carbons (Fsp3) is 0.314. The van der Waals surface area contributed by atoms with Crippen molar-refractivity contribution in [1.29, 1.82) is 0 Å². The monoisotopic (exact) mass is 666 g/mol. The molecule has 0 N–H and O–H groups in total. The SMILES string of the molecule is O=C(OCc1ccccc1OC(F)(F)F)N1CCC2(CCc3cc(-c4ccc(CS(=O)(=O)Cc5ccccn5)cc4)ccc3O2)CC1. The van der Waals surface area contributed by atoms with Gasteiger partial charge in [0.2, 0.25) is 0 Å². The Balaban J connectivity index is 1.02. The van der Waals surface area contributed by atoms with Gasteiger partial charge in [-0.15, -0.1) is 13.2 Å². The van der Waals surface area contributed by atoms with E-state index in [9.17, 15) is 26.4 Å². The Morgan fingerprint density at radius 3 is 2.34 bits per heavy atom. The predicted octanol–water partition coefficient (Wildman–Crippen LogP) is 7.26. The molecule has 0 unspecified atom stereocenters. The highest BCUT2D eigenvalue weighted by Gasteiger charge is 2.41. The largest absolute Gasteiger partial charge is 0.573 e. The van der Waals surface area contributed by atoms with Gasteiger partial charge in [0.05, 0.1) is 17.2 Å². The van der Waals surface area contributed by atoms with Crippen molar-refractivity contribution < 1.29 is 40.6 Å². The van der Waals surface area contributed by atoms with Crippen LogP contribution in [0.3, 0.4) is 0 Å². The molecule has 0 atom stereocenters. The van der Waals surface area contributed by atoms with E-state index in [0.717, 1.165) is 35.3 Å². The molecule has 8 nitrogen and oxygen atoms in total. The number of hydrogen-bond acceptors (Lipinski definition) is 7.